The van der Waals surface area contributed by atoms with Crippen LogP contribution >= 0.6 is 0 Å². The molecule has 0 aromatic carbocycles. The maximum absolute atomic E-state index is 9.32. The normalized spacial score (nSPS) is 11.4. The fraction of sp³-hybridized carbons (Fsp3) is 0.833. The van der Waals surface area contributed by atoms with Crippen molar-refractivity contribution in [3.05, 3.63) is 0 Å². The van der Waals surface area contributed by atoms with Crippen LogP contribution in [-0.2, 0) is 0 Å². The molecule has 2 nitrogen and oxygen atoms in total. The van der Waals surface area contributed by atoms with Crippen molar-refractivity contribution in [3.8, 4) is 0 Å². The molecule has 0 heterocycles. The van der Waals surface area contributed by atoms with E-state index in [1.807, 2.05) is 13.1 Å². The van der Waals surface area contributed by atoms with Crippen LogP contribution in [0.3, 0.4) is 0 Å². The molecule has 0 fully saturated rings. The average Bonchev–Trinajstić information content (AvgIpc) is 1.63. The van der Waals surface area contributed by atoms with Crippen molar-refractivity contribution >= 4 is 15.0 Å². The monoisotopic (exact) mass is 145 g/mol. The SMILES string of the molecule is C=NCCC[Si](C)(C)O. The number of hydrogen-bond donors (Lipinski definition) is 1. The second-order valence-corrected chi connectivity index (χ2v) is 6.99. The summed E-state index contributed by atoms with van der Waals surface area (Å²) in [5.41, 5.74) is 0. The van der Waals surface area contributed by atoms with Gasteiger partial charge in [0.2, 0.25) is 0 Å². The van der Waals surface area contributed by atoms with E-state index in [1.165, 1.54) is 0 Å². The predicted molar refractivity (Wildman–Crippen MR) is 43.5 cm³/mol. The van der Waals surface area contributed by atoms with Gasteiger partial charge in [-0.15, -0.1) is 0 Å². The molecular formula is C6H15NOSi. The topological polar surface area (TPSA) is 32.6 Å². The highest BCUT2D eigenvalue weighted by Crippen LogP contribution is 2.06. The molecule has 0 aromatic rings. The number of rotatable bonds is 4. The van der Waals surface area contributed by atoms with Crippen molar-refractivity contribution in [1.82, 2.24) is 0 Å². The molecule has 54 valence electrons. The largest absolute Gasteiger partial charge is 0.432 e. The van der Waals surface area contributed by atoms with E-state index in [1.54, 1.807) is 0 Å². The molecule has 0 saturated heterocycles. The first-order valence-corrected chi connectivity index (χ1v) is 6.36. The van der Waals surface area contributed by atoms with Gasteiger partial charge in [0, 0.05) is 6.54 Å². The molecule has 0 amide bonds. The van der Waals surface area contributed by atoms with Gasteiger partial charge >= 0.3 is 0 Å². The van der Waals surface area contributed by atoms with Gasteiger partial charge in [-0.1, -0.05) is 0 Å². The van der Waals surface area contributed by atoms with E-state index in [-0.39, 0.29) is 0 Å². The summed E-state index contributed by atoms with van der Waals surface area (Å²) in [5.74, 6) is 0. The van der Waals surface area contributed by atoms with Crippen LogP contribution in [0.4, 0.5) is 0 Å². The molecule has 0 rings (SSSR count). The summed E-state index contributed by atoms with van der Waals surface area (Å²) in [6.07, 6.45) is 0.985. The van der Waals surface area contributed by atoms with E-state index >= 15 is 0 Å². The van der Waals surface area contributed by atoms with Gasteiger partial charge in [0.1, 0.15) is 0 Å². The van der Waals surface area contributed by atoms with E-state index in [4.69, 9.17) is 0 Å². The molecule has 0 aliphatic heterocycles. The van der Waals surface area contributed by atoms with Crippen LogP contribution in [0.25, 0.3) is 0 Å². The zero-order chi connectivity index (χ0) is 7.33. The Morgan fingerprint density at radius 1 is 1.56 bits per heavy atom. The van der Waals surface area contributed by atoms with Gasteiger partial charge in [0.05, 0.1) is 0 Å². The van der Waals surface area contributed by atoms with E-state index in [2.05, 4.69) is 11.7 Å². The molecule has 0 aliphatic carbocycles. The van der Waals surface area contributed by atoms with Crippen molar-refractivity contribution in [3.63, 3.8) is 0 Å². The third kappa shape index (κ3) is 7.85. The molecule has 0 unspecified atom stereocenters. The minimum Gasteiger partial charge on any atom is -0.432 e. The summed E-state index contributed by atoms with van der Waals surface area (Å²) < 4.78 is 0. The van der Waals surface area contributed by atoms with E-state index < -0.39 is 8.32 Å². The lowest BCUT2D eigenvalue weighted by Gasteiger charge is -2.11. The number of aliphatic imine (C=N–C) groups is 1. The van der Waals surface area contributed by atoms with Crippen LogP contribution in [0.5, 0.6) is 0 Å². The number of nitrogens with zero attached hydrogens (tertiary/aromatic N) is 1. The van der Waals surface area contributed by atoms with Gasteiger partial charge < -0.3 is 9.79 Å². The molecule has 0 atom stereocenters. The highest BCUT2D eigenvalue weighted by Gasteiger charge is 2.14. The molecule has 0 aromatic heterocycles. The van der Waals surface area contributed by atoms with Gasteiger partial charge in [-0.25, -0.2) is 0 Å². The van der Waals surface area contributed by atoms with Crippen LogP contribution in [0.15, 0.2) is 4.99 Å². The molecule has 0 bridgehead atoms. The maximum atomic E-state index is 9.32. The molecule has 0 saturated carbocycles. The van der Waals surface area contributed by atoms with Crippen molar-refractivity contribution < 1.29 is 4.80 Å². The lowest BCUT2D eigenvalue weighted by molar-refractivity contribution is 0.544. The van der Waals surface area contributed by atoms with Crippen molar-refractivity contribution in [1.29, 1.82) is 0 Å². The lowest BCUT2D eigenvalue weighted by atomic mass is 10.5. The third-order valence-corrected chi connectivity index (χ3v) is 2.68. The van der Waals surface area contributed by atoms with Crippen LogP contribution in [-0.4, -0.2) is 26.4 Å². The third-order valence-electron chi connectivity index (χ3n) is 1.10. The smallest absolute Gasteiger partial charge is 0.182 e. The summed E-state index contributed by atoms with van der Waals surface area (Å²) in [4.78, 5) is 13.0. The zero-order valence-electron chi connectivity index (χ0n) is 6.22. The molecule has 9 heavy (non-hydrogen) atoms. The van der Waals surface area contributed by atoms with E-state index in [0.29, 0.717) is 0 Å². The Morgan fingerprint density at radius 3 is 2.44 bits per heavy atom. The van der Waals surface area contributed by atoms with Crippen LogP contribution in [0, 0.1) is 0 Å². The summed E-state index contributed by atoms with van der Waals surface area (Å²) in [6.45, 7) is 8.03. The Labute approximate surface area is 57.8 Å². The second kappa shape index (κ2) is 3.79. The molecular weight excluding hydrogens is 130 g/mol. The minimum absolute atomic E-state index is 0.789. The first-order chi connectivity index (χ1) is 4.06. The highest BCUT2D eigenvalue weighted by molar-refractivity contribution is 6.69. The van der Waals surface area contributed by atoms with Gasteiger partial charge in [-0.05, 0) is 32.3 Å². The average molecular weight is 145 g/mol. The van der Waals surface area contributed by atoms with Crippen molar-refractivity contribution in [2.24, 2.45) is 4.99 Å². The molecule has 1 N–H and O–H groups in total. The Kier molecular flexibility index (Phi) is 3.73. The first kappa shape index (κ1) is 8.85. The Bertz CT molecular complexity index is 87.5. The summed E-state index contributed by atoms with van der Waals surface area (Å²) in [6, 6.07) is 0.937. The fourth-order valence-electron chi connectivity index (χ4n) is 0.623. The minimum atomic E-state index is -1.78. The fourth-order valence-corrected chi connectivity index (χ4v) is 1.65. The Hall–Kier alpha value is -0.153. The van der Waals surface area contributed by atoms with Crippen molar-refractivity contribution in [2.45, 2.75) is 25.6 Å². The highest BCUT2D eigenvalue weighted by atomic mass is 28.4. The van der Waals surface area contributed by atoms with Crippen LogP contribution in [0.1, 0.15) is 6.42 Å². The standard InChI is InChI=1S/C6H15NOSi/c1-7-5-4-6-9(2,3)8/h8H,1,4-6H2,2-3H3. The van der Waals surface area contributed by atoms with Crippen LogP contribution < -0.4 is 0 Å². The maximum Gasteiger partial charge on any atom is 0.182 e. The number of hydrogen-bond acceptors (Lipinski definition) is 2. The van der Waals surface area contributed by atoms with Gasteiger partial charge in [-0.3, -0.25) is 0 Å². The van der Waals surface area contributed by atoms with E-state index in [9.17, 15) is 4.80 Å². The first-order valence-electron chi connectivity index (χ1n) is 3.21. The predicted octanol–water partition coefficient (Wildman–Crippen LogP) is 1.27. The molecule has 0 aliphatic rings. The quantitative estimate of drug-likeness (QED) is 0.361. The summed E-state index contributed by atoms with van der Waals surface area (Å²) in [7, 11) is -1.78. The van der Waals surface area contributed by atoms with Gasteiger partial charge in [0.25, 0.3) is 0 Å². The van der Waals surface area contributed by atoms with Crippen molar-refractivity contribution in [2.75, 3.05) is 6.54 Å². The Balaban J connectivity index is 3.17. The molecule has 0 radical (unpaired) electrons. The van der Waals surface area contributed by atoms with Gasteiger partial charge in [-0.2, -0.15) is 0 Å². The van der Waals surface area contributed by atoms with Crippen LogP contribution in [0.2, 0.25) is 19.1 Å². The van der Waals surface area contributed by atoms with Gasteiger partial charge in [0.15, 0.2) is 8.32 Å². The van der Waals surface area contributed by atoms with E-state index in [0.717, 1.165) is 19.0 Å². The second-order valence-electron chi connectivity index (χ2n) is 2.86. The summed E-state index contributed by atoms with van der Waals surface area (Å²) >= 11 is 0. The molecule has 3 heteroatoms. The lowest BCUT2D eigenvalue weighted by Crippen LogP contribution is -2.24. The molecule has 0 spiro atoms. The summed E-state index contributed by atoms with van der Waals surface area (Å²) in [5, 5.41) is 0. The zero-order valence-corrected chi connectivity index (χ0v) is 7.22. The Morgan fingerprint density at radius 2 is 2.11 bits per heavy atom.